The van der Waals surface area contributed by atoms with Gasteiger partial charge in [0.05, 0.1) is 12.1 Å². The molecule has 4 rings (SSSR count). The van der Waals surface area contributed by atoms with E-state index >= 15 is 0 Å². The Balaban J connectivity index is 1.62. The van der Waals surface area contributed by atoms with Crippen molar-refractivity contribution >= 4 is 11.6 Å². The smallest absolute Gasteiger partial charge is 0.227 e. The van der Waals surface area contributed by atoms with Gasteiger partial charge in [0.25, 0.3) is 0 Å². The first-order chi connectivity index (χ1) is 14.9. The first-order valence-electron chi connectivity index (χ1n) is 10.3. The normalized spacial score (nSPS) is 19.5. The summed E-state index contributed by atoms with van der Waals surface area (Å²) in [6, 6.07) is 18.9. The number of aromatic hydroxyl groups is 2. The molecule has 1 fully saturated rings. The van der Waals surface area contributed by atoms with Gasteiger partial charge in [0.2, 0.25) is 5.91 Å². The fourth-order valence-corrected chi connectivity index (χ4v) is 4.35. The lowest BCUT2D eigenvalue weighted by Crippen LogP contribution is -2.28. The molecule has 3 atom stereocenters. The highest BCUT2D eigenvalue weighted by Gasteiger charge is 2.42. The van der Waals surface area contributed by atoms with Gasteiger partial charge in [-0.2, -0.15) is 0 Å². The van der Waals surface area contributed by atoms with Crippen molar-refractivity contribution in [2.24, 2.45) is 5.92 Å². The summed E-state index contributed by atoms with van der Waals surface area (Å²) in [5.41, 5.74) is 1.90. The maximum absolute atomic E-state index is 13.2. The monoisotopic (exact) mass is 421 g/mol. The van der Waals surface area contributed by atoms with Crippen LogP contribution in [0.5, 0.6) is 11.5 Å². The second-order valence-electron chi connectivity index (χ2n) is 7.90. The second kappa shape index (κ2) is 8.78. The molecule has 1 aliphatic rings. The average molecular weight is 421 g/mol. The minimum absolute atomic E-state index is 0.0554. The highest BCUT2D eigenvalue weighted by Crippen LogP contribution is 2.46. The lowest BCUT2D eigenvalue weighted by atomic mass is 9.87. The van der Waals surface area contributed by atoms with Crippen LogP contribution in [0.15, 0.2) is 72.8 Å². The number of para-hydroxylation sites is 1. The molecule has 5 nitrogen and oxygen atoms in total. The lowest BCUT2D eigenvalue weighted by molar-refractivity contribution is -0.117. The summed E-state index contributed by atoms with van der Waals surface area (Å²) in [7, 11) is 0. The van der Waals surface area contributed by atoms with Crippen molar-refractivity contribution < 1.29 is 24.5 Å². The molecule has 0 saturated carbocycles. The van der Waals surface area contributed by atoms with Gasteiger partial charge >= 0.3 is 0 Å². The highest BCUT2D eigenvalue weighted by atomic mass is 19.1. The first kappa shape index (κ1) is 20.9. The zero-order chi connectivity index (χ0) is 22.0. The molecule has 3 unspecified atom stereocenters. The summed E-state index contributed by atoms with van der Waals surface area (Å²) >= 11 is 0. The van der Waals surface area contributed by atoms with Crippen molar-refractivity contribution in [3.8, 4) is 11.5 Å². The molecule has 0 aromatic heterocycles. The largest absolute Gasteiger partial charge is 0.508 e. The number of aliphatic hydroxyl groups is 1. The van der Waals surface area contributed by atoms with E-state index in [1.165, 1.54) is 24.3 Å². The van der Waals surface area contributed by atoms with Crippen LogP contribution in [0, 0.1) is 11.7 Å². The van der Waals surface area contributed by atoms with E-state index < -0.39 is 12.1 Å². The Hall–Kier alpha value is -3.38. The predicted molar refractivity (Wildman–Crippen MR) is 115 cm³/mol. The van der Waals surface area contributed by atoms with Crippen molar-refractivity contribution in [1.29, 1.82) is 0 Å². The molecule has 1 amide bonds. The minimum Gasteiger partial charge on any atom is -0.508 e. The Bertz CT molecular complexity index is 1050. The third-order valence-corrected chi connectivity index (χ3v) is 5.86. The van der Waals surface area contributed by atoms with Gasteiger partial charge < -0.3 is 20.2 Å². The van der Waals surface area contributed by atoms with Crippen LogP contribution >= 0.6 is 0 Å². The predicted octanol–water partition coefficient (Wildman–Crippen LogP) is 4.84. The summed E-state index contributed by atoms with van der Waals surface area (Å²) in [6.45, 7) is 0. The number of benzene rings is 3. The number of carbonyl (C=O) groups is 1. The maximum Gasteiger partial charge on any atom is 0.227 e. The van der Waals surface area contributed by atoms with E-state index in [4.69, 9.17) is 0 Å². The highest BCUT2D eigenvalue weighted by molar-refractivity contribution is 5.97. The van der Waals surface area contributed by atoms with Gasteiger partial charge in [-0.15, -0.1) is 0 Å². The molecule has 1 heterocycles. The zero-order valence-corrected chi connectivity index (χ0v) is 16.9. The quantitative estimate of drug-likeness (QED) is 0.532. The van der Waals surface area contributed by atoms with Crippen molar-refractivity contribution in [2.75, 3.05) is 4.90 Å². The molecule has 3 aromatic carbocycles. The fourth-order valence-electron chi connectivity index (χ4n) is 4.35. The number of carbonyl (C=O) groups excluding carboxylic acids is 1. The van der Waals surface area contributed by atoms with Gasteiger partial charge in [0, 0.05) is 23.7 Å². The van der Waals surface area contributed by atoms with Gasteiger partial charge in [0.1, 0.15) is 17.3 Å². The molecule has 1 aliphatic heterocycles. The lowest BCUT2D eigenvalue weighted by Gasteiger charge is -2.30. The van der Waals surface area contributed by atoms with E-state index in [2.05, 4.69) is 0 Å². The molecule has 0 radical (unpaired) electrons. The van der Waals surface area contributed by atoms with Crippen molar-refractivity contribution in [3.05, 3.63) is 89.7 Å². The number of phenols is 2. The SMILES string of the molecule is O=C1CC(CCC(O)c2ccc(F)cc2)C(c2ccc(O)cc2O)N1c1ccccc1. The van der Waals surface area contributed by atoms with Gasteiger partial charge in [-0.05, 0) is 60.7 Å². The third kappa shape index (κ3) is 4.39. The van der Waals surface area contributed by atoms with Gasteiger partial charge in [-0.3, -0.25) is 4.79 Å². The molecule has 3 aromatic rings. The van der Waals surface area contributed by atoms with E-state index in [-0.39, 0.29) is 35.6 Å². The number of hydrogen-bond donors (Lipinski definition) is 3. The number of halogens is 1. The summed E-state index contributed by atoms with van der Waals surface area (Å²) < 4.78 is 13.2. The van der Waals surface area contributed by atoms with Crippen LogP contribution in [-0.4, -0.2) is 21.2 Å². The van der Waals surface area contributed by atoms with Gasteiger partial charge in [0.15, 0.2) is 0 Å². The van der Waals surface area contributed by atoms with E-state index in [1.807, 2.05) is 30.3 Å². The van der Waals surface area contributed by atoms with Crippen molar-refractivity contribution in [3.63, 3.8) is 0 Å². The molecule has 3 N–H and O–H groups in total. The Morgan fingerprint density at radius 2 is 1.71 bits per heavy atom. The minimum atomic E-state index is -0.782. The van der Waals surface area contributed by atoms with E-state index in [0.29, 0.717) is 24.0 Å². The average Bonchev–Trinajstić information content (AvgIpc) is 3.09. The summed E-state index contributed by atoms with van der Waals surface area (Å²) in [5, 5.41) is 30.8. The molecule has 1 saturated heterocycles. The summed E-state index contributed by atoms with van der Waals surface area (Å²) in [6.07, 6.45) is 0.409. The fraction of sp³-hybridized carbons (Fsp3) is 0.240. The Kier molecular flexibility index (Phi) is 5.91. The maximum atomic E-state index is 13.2. The number of hydrogen-bond acceptors (Lipinski definition) is 4. The van der Waals surface area contributed by atoms with E-state index in [0.717, 1.165) is 5.69 Å². The summed E-state index contributed by atoms with van der Waals surface area (Å²) in [5.74, 6) is -0.716. The van der Waals surface area contributed by atoms with Crippen LogP contribution in [0.4, 0.5) is 10.1 Å². The van der Waals surface area contributed by atoms with E-state index in [1.54, 1.807) is 23.1 Å². The molecular formula is C25H24FNO4. The van der Waals surface area contributed by atoms with Crippen molar-refractivity contribution in [2.45, 2.75) is 31.4 Å². The van der Waals surface area contributed by atoms with Crippen LogP contribution in [0.3, 0.4) is 0 Å². The van der Waals surface area contributed by atoms with Crippen LogP contribution in [-0.2, 0) is 4.79 Å². The van der Waals surface area contributed by atoms with Crippen LogP contribution in [0.25, 0.3) is 0 Å². The Morgan fingerprint density at radius 3 is 2.39 bits per heavy atom. The van der Waals surface area contributed by atoms with Crippen LogP contribution in [0.2, 0.25) is 0 Å². The number of anilines is 1. The Labute approximate surface area is 180 Å². The van der Waals surface area contributed by atoms with Crippen molar-refractivity contribution in [1.82, 2.24) is 0 Å². The molecule has 0 aliphatic carbocycles. The number of aliphatic hydroxyl groups excluding tert-OH is 1. The molecule has 6 heteroatoms. The standard InChI is InChI=1S/C25H24FNO4/c26-18-9-6-16(7-10-18)22(29)13-8-17-14-24(31)27(19-4-2-1-3-5-19)25(17)21-12-11-20(28)15-23(21)30/h1-7,9-12,15,17,22,25,28-30H,8,13-14H2. The Morgan fingerprint density at radius 1 is 1.00 bits per heavy atom. The van der Waals surface area contributed by atoms with Crippen LogP contribution < -0.4 is 4.90 Å². The van der Waals surface area contributed by atoms with Gasteiger partial charge in [-0.25, -0.2) is 4.39 Å². The third-order valence-electron chi connectivity index (χ3n) is 5.86. The molecule has 0 spiro atoms. The van der Waals surface area contributed by atoms with E-state index in [9.17, 15) is 24.5 Å². The second-order valence-corrected chi connectivity index (χ2v) is 7.90. The molecule has 0 bridgehead atoms. The van der Waals surface area contributed by atoms with Crippen LogP contribution in [0.1, 0.15) is 42.5 Å². The number of rotatable bonds is 6. The van der Waals surface area contributed by atoms with Gasteiger partial charge in [-0.1, -0.05) is 30.3 Å². The first-order valence-corrected chi connectivity index (χ1v) is 10.3. The number of amides is 1. The summed E-state index contributed by atoms with van der Waals surface area (Å²) in [4.78, 5) is 14.7. The topological polar surface area (TPSA) is 81.0 Å². The molecule has 31 heavy (non-hydrogen) atoms. The number of nitrogens with zero attached hydrogens (tertiary/aromatic N) is 1. The number of phenolic OH excluding ortho intramolecular Hbond substituents is 2. The molecule has 160 valence electrons. The molecular weight excluding hydrogens is 397 g/mol. The zero-order valence-electron chi connectivity index (χ0n) is 16.9.